The van der Waals surface area contributed by atoms with Crippen molar-refractivity contribution in [2.75, 3.05) is 4.90 Å². The van der Waals surface area contributed by atoms with Crippen LogP contribution in [0, 0.1) is 6.92 Å². The van der Waals surface area contributed by atoms with Crippen molar-refractivity contribution in [3.8, 4) is 5.75 Å². The number of para-hydroxylation sites is 1. The number of amides is 1. The van der Waals surface area contributed by atoms with Crippen LogP contribution in [0.25, 0.3) is 5.76 Å². The summed E-state index contributed by atoms with van der Waals surface area (Å²) < 4.78 is 5.73. The van der Waals surface area contributed by atoms with E-state index >= 15 is 0 Å². The van der Waals surface area contributed by atoms with Crippen LogP contribution in [0.1, 0.15) is 36.6 Å². The van der Waals surface area contributed by atoms with Crippen molar-refractivity contribution in [2.45, 2.75) is 32.9 Å². The van der Waals surface area contributed by atoms with Gasteiger partial charge in [-0.1, -0.05) is 36.4 Å². The molecule has 1 fully saturated rings. The molecule has 1 atom stereocenters. The molecule has 2 aromatic carbocycles. The van der Waals surface area contributed by atoms with Gasteiger partial charge in [-0.3, -0.25) is 19.5 Å². The maximum Gasteiger partial charge on any atom is 0.300 e. The molecule has 162 valence electrons. The number of Topliss-reactive ketones (excluding diaryl/α,β-unsaturated/α-hetero) is 1. The SMILES string of the molecule is Cc1ccccc1N1C(=O)C(=O)/C(=C(\O)c2cccc(OC(C)C)c2)C1c1cccnc1. The van der Waals surface area contributed by atoms with Crippen LogP contribution in [0.5, 0.6) is 5.75 Å². The van der Waals surface area contributed by atoms with Gasteiger partial charge in [0.1, 0.15) is 11.5 Å². The second-order valence-corrected chi connectivity index (χ2v) is 7.94. The predicted molar refractivity (Wildman–Crippen MR) is 122 cm³/mol. The first-order chi connectivity index (χ1) is 15.4. The van der Waals surface area contributed by atoms with E-state index in [0.717, 1.165) is 5.56 Å². The van der Waals surface area contributed by atoms with Gasteiger partial charge >= 0.3 is 0 Å². The summed E-state index contributed by atoms with van der Waals surface area (Å²) in [7, 11) is 0. The summed E-state index contributed by atoms with van der Waals surface area (Å²) in [5, 5.41) is 11.2. The highest BCUT2D eigenvalue weighted by Gasteiger charge is 2.47. The molecule has 1 aliphatic heterocycles. The number of aliphatic hydroxyl groups is 1. The first-order valence-corrected chi connectivity index (χ1v) is 10.4. The van der Waals surface area contributed by atoms with E-state index in [0.29, 0.717) is 22.6 Å². The highest BCUT2D eigenvalue weighted by molar-refractivity contribution is 6.51. The smallest absolute Gasteiger partial charge is 0.300 e. The lowest BCUT2D eigenvalue weighted by Crippen LogP contribution is -2.30. The van der Waals surface area contributed by atoms with Crippen LogP contribution in [-0.2, 0) is 9.59 Å². The Hall–Kier alpha value is -3.93. The molecule has 1 unspecified atom stereocenters. The molecule has 0 spiro atoms. The van der Waals surface area contributed by atoms with Crippen LogP contribution in [-0.4, -0.2) is 27.9 Å². The molecule has 0 radical (unpaired) electrons. The van der Waals surface area contributed by atoms with Crippen molar-refractivity contribution < 1.29 is 19.4 Å². The van der Waals surface area contributed by atoms with Crippen LogP contribution in [0.15, 0.2) is 78.6 Å². The Balaban J connectivity index is 1.91. The molecule has 1 aromatic heterocycles. The van der Waals surface area contributed by atoms with Crippen molar-refractivity contribution in [1.82, 2.24) is 4.98 Å². The molecule has 3 aromatic rings. The molecule has 1 N–H and O–H groups in total. The average molecular weight is 428 g/mol. The Bertz CT molecular complexity index is 1200. The fraction of sp³-hybridized carbons (Fsp3) is 0.192. The monoisotopic (exact) mass is 428 g/mol. The van der Waals surface area contributed by atoms with E-state index in [1.165, 1.54) is 4.90 Å². The second kappa shape index (κ2) is 8.67. The van der Waals surface area contributed by atoms with Gasteiger partial charge in [-0.15, -0.1) is 0 Å². The number of ether oxygens (including phenoxy) is 1. The van der Waals surface area contributed by atoms with Crippen molar-refractivity contribution >= 4 is 23.1 Å². The topological polar surface area (TPSA) is 79.7 Å². The molecule has 32 heavy (non-hydrogen) atoms. The lowest BCUT2D eigenvalue weighted by Gasteiger charge is -2.26. The highest BCUT2D eigenvalue weighted by atomic mass is 16.5. The van der Waals surface area contributed by atoms with Gasteiger partial charge in [-0.2, -0.15) is 0 Å². The largest absolute Gasteiger partial charge is 0.507 e. The van der Waals surface area contributed by atoms with E-state index in [2.05, 4.69) is 4.98 Å². The molecule has 1 aliphatic rings. The molecule has 0 saturated carbocycles. The zero-order valence-electron chi connectivity index (χ0n) is 18.1. The Labute approximate surface area is 186 Å². The highest BCUT2D eigenvalue weighted by Crippen LogP contribution is 2.43. The van der Waals surface area contributed by atoms with Crippen molar-refractivity contribution in [3.63, 3.8) is 0 Å². The number of rotatable bonds is 5. The Morgan fingerprint density at radius 3 is 2.53 bits per heavy atom. The Morgan fingerprint density at radius 2 is 1.84 bits per heavy atom. The number of aromatic nitrogens is 1. The molecule has 0 aliphatic carbocycles. The van der Waals surface area contributed by atoms with Crippen LogP contribution in [0.2, 0.25) is 0 Å². The van der Waals surface area contributed by atoms with Gasteiger partial charge in [0.15, 0.2) is 0 Å². The van der Waals surface area contributed by atoms with Gasteiger partial charge in [-0.25, -0.2) is 0 Å². The Kier molecular flexibility index (Phi) is 5.77. The third-order valence-electron chi connectivity index (χ3n) is 5.30. The summed E-state index contributed by atoms with van der Waals surface area (Å²) in [4.78, 5) is 32.0. The quantitative estimate of drug-likeness (QED) is 0.359. The standard InChI is InChI=1S/C26H24N2O4/c1-16(2)32-20-11-6-9-18(14-20)24(29)22-23(19-10-7-13-27-15-19)28(26(31)25(22)30)21-12-5-4-8-17(21)3/h4-16,23,29H,1-3H3/b24-22-. The average Bonchev–Trinajstić information content (AvgIpc) is 3.04. The zero-order valence-corrected chi connectivity index (χ0v) is 18.1. The molecule has 6 heteroatoms. The van der Waals surface area contributed by atoms with E-state index in [1.54, 1.807) is 54.9 Å². The number of pyridine rings is 1. The predicted octanol–water partition coefficient (Wildman–Crippen LogP) is 4.80. The van der Waals surface area contributed by atoms with Gasteiger partial charge < -0.3 is 9.84 Å². The van der Waals surface area contributed by atoms with E-state index in [9.17, 15) is 14.7 Å². The maximum atomic E-state index is 13.2. The fourth-order valence-corrected chi connectivity index (χ4v) is 3.91. The summed E-state index contributed by atoms with van der Waals surface area (Å²) in [5.74, 6) is -1.11. The lowest BCUT2D eigenvalue weighted by atomic mass is 9.96. The first-order valence-electron chi connectivity index (χ1n) is 10.4. The van der Waals surface area contributed by atoms with Gasteiger partial charge in [0.05, 0.1) is 17.7 Å². The summed E-state index contributed by atoms with van der Waals surface area (Å²) in [6.07, 6.45) is 3.18. The number of aryl methyl sites for hydroxylation is 1. The summed E-state index contributed by atoms with van der Waals surface area (Å²) in [6.45, 7) is 5.69. The lowest BCUT2D eigenvalue weighted by molar-refractivity contribution is -0.132. The molecular weight excluding hydrogens is 404 g/mol. The van der Waals surface area contributed by atoms with E-state index < -0.39 is 17.7 Å². The third kappa shape index (κ3) is 3.87. The van der Waals surface area contributed by atoms with Gasteiger partial charge in [0.2, 0.25) is 0 Å². The number of benzene rings is 2. The maximum absolute atomic E-state index is 13.2. The molecule has 6 nitrogen and oxygen atoms in total. The number of carbonyl (C=O) groups excluding carboxylic acids is 2. The molecule has 2 heterocycles. The summed E-state index contributed by atoms with van der Waals surface area (Å²) in [6, 6.07) is 16.9. The summed E-state index contributed by atoms with van der Waals surface area (Å²) in [5.41, 5.74) is 2.51. The third-order valence-corrected chi connectivity index (χ3v) is 5.30. The number of hydrogen-bond acceptors (Lipinski definition) is 5. The minimum absolute atomic E-state index is 0.0213. The molecule has 1 amide bonds. The number of hydrogen-bond donors (Lipinski definition) is 1. The van der Waals surface area contributed by atoms with E-state index in [4.69, 9.17) is 4.74 Å². The van der Waals surface area contributed by atoms with Crippen LogP contribution in [0.4, 0.5) is 5.69 Å². The number of aliphatic hydroxyl groups excluding tert-OH is 1. The van der Waals surface area contributed by atoms with Gasteiger partial charge in [0.25, 0.3) is 11.7 Å². The number of ketones is 1. The van der Waals surface area contributed by atoms with Crippen LogP contribution >= 0.6 is 0 Å². The van der Waals surface area contributed by atoms with Crippen LogP contribution < -0.4 is 9.64 Å². The zero-order chi connectivity index (χ0) is 22.8. The minimum Gasteiger partial charge on any atom is -0.507 e. The van der Waals surface area contributed by atoms with Gasteiger partial charge in [0, 0.05) is 23.6 Å². The van der Waals surface area contributed by atoms with Crippen molar-refractivity contribution in [3.05, 3.63) is 95.3 Å². The van der Waals surface area contributed by atoms with Crippen molar-refractivity contribution in [1.29, 1.82) is 0 Å². The van der Waals surface area contributed by atoms with E-state index in [-0.39, 0.29) is 17.4 Å². The molecule has 1 saturated heterocycles. The number of nitrogens with zero attached hydrogens (tertiary/aromatic N) is 2. The summed E-state index contributed by atoms with van der Waals surface area (Å²) >= 11 is 0. The number of carbonyl (C=O) groups is 2. The molecule has 4 rings (SSSR count). The van der Waals surface area contributed by atoms with Crippen LogP contribution in [0.3, 0.4) is 0 Å². The van der Waals surface area contributed by atoms with Crippen molar-refractivity contribution in [2.24, 2.45) is 0 Å². The normalized spacial score (nSPS) is 17.8. The second-order valence-electron chi connectivity index (χ2n) is 7.94. The minimum atomic E-state index is -0.806. The molecular formula is C26H24N2O4. The Morgan fingerprint density at radius 1 is 1.06 bits per heavy atom. The van der Waals surface area contributed by atoms with Gasteiger partial charge in [-0.05, 0) is 56.2 Å². The first kappa shape index (κ1) is 21.3. The fourth-order valence-electron chi connectivity index (χ4n) is 3.91. The molecule has 0 bridgehead atoms. The number of anilines is 1. The van der Waals surface area contributed by atoms with E-state index in [1.807, 2.05) is 39.0 Å².